The van der Waals surface area contributed by atoms with Crippen LogP contribution >= 0.6 is 0 Å². The molecule has 2 N–H and O–H groups in total. The lowest BCUT2D eigenvalue weighted by atomic mass is 10.1. The summed E-state index contributed by atoms with van der Waals surface area (Å²) in [6, 6.07) is 18.6. The molecule has 2 amide bonds. The second-order valence-electron chi connectivity index (χ2n) is 6.32. The van der Waals surface area contributed by atoms with Gasteiger partial charge in [0.15, 0.2) is 5.78 Å². The molecule has 3 rings (SSSR count). The molecule has 140 valence electrons. The molecule has 0 bridgehead atoms. The number of benzene rings is 2. The van der Waals surface area contributed by atoms with E-state index >= 15 is 0 Å². The van der Waals surface area contributed by atoms with Crippen molar-refractivity contribution in [3.8, 4) is 0 Å². The van der Waals surface area contributed by atoms with Crippen LogP contribution in [0, 0.1) is 6.92 Å². The van der Waals surface area contributed by atoms with E-state index in [9.17, 15) is 14.4 Å². The van der Waals surface area contributed by atoms with Gasteiger partial charge in [-0.2, -0.15) is 0 Å². The van der Waals surface area contributed by atoms with Crippen molar-refractivity contribution in [1.82, 2.24) is 4.98 Å². The molecule has 1 heterocycles. The smallest absolute Gasteiger partial charge is 0.274 e. The van der Waals surface area contributed by atoms with Crippen LogP contribution in [0.1, 0.15) is 43.8 Å². The highest BCUT2D eigenvalue weighted by Gasteiger charge is 2.13. The monoisotopic (exact) mass is 373 g/mol. The van der Waals surface area contributed by atoms with Crippen molar-refractivity contribution in [3.05, 3.63) is 89.2 Å². The molecule has 0 spiro atoms. The fourth-order valence-corrected chi connectivity index (χ4v) is 2.59. The predicted octanol–water partition coefficient (Wildman–Crippen LogP) is 4.10. The Morgan fingerprint density at radius 2 is 1.32 bits per heavy atom. The summed E-state index contributed by atoms with van der Waals surface area (Å²) in [6.07, 6.45) is 0. The van der Waals surface area contributed by atoms with Crippen molar-refractivity contribution in [3.63, 3.8) is 0 Å². The van der Waals surface area contributed by atoms with Gasteiger partial charge in [-0.3, -0.25) is 14.4 Å². The van der Waals surface area contributed by atoms with E-state index in [1.165, 1.54) is 13.0 Å². The molecule has 0 aliphatic rings. The average molecular weight is 373 g/mol. The molecule has 0 fully saturated rings. The predicted molar refractivity (Wildman–Crippen MR) is 108 cm³/mol. The van der Waals surface area contributed by atoms with Gasteiger partial charge in [-0.1, -0.05) is 18.2 Å². The molecule has 0 saturated carbocycles. The minimum atomic E-state index is -0.444. The highest BCUT2D eigenvalue weighted by Crippen LogP contribution is 2.13. The minimum Gasteiger partial charge on any atom is -0.321 e. The maximum absolute atomic E-state index is 12.4. The number of Topliss-reactive ketones (excluding diaryl/α,β-unsaturated/α-hetero) is 1. The van der Waals surface area contributed by atoms with Crippen LogP contribution in [0.5, 0.6) is 0 Å². The number of carbonyl (C=O) groups excluding carboxylic acids is 3. The molecule has 6 heteroatoms. The van der Waals surface area contributed by atoms with E-state index in [4.69, 9.17) is 0 Å². The summed E-state index contributed by atoms with van der Waals surface area (Å²) in [6.45, 7) is 3.41. The quantitative estimate of drug-likeness (QED) is 0.659. The van der Waals surface area contributed by atoms with Crippen LogP contribution < -0.4 is 10.6 Å². The Labute approximate surface area is 162 Å². The Bertz CT molecular complexity index is 1040. The molecule has 0 radical (unpaired) electrons. The Kier molecular flexibility index (Phi) is 5.60. The summed E-state index contributed by atoms with van der Waals surface area (Å²) in [5.74, 6) is -0.890. The van der Waals surface area contributed by atoms with E-state index in [-0.39, 0.29) is 17.2 Å². The van der Waals surface area contributed by atoms with E-state index in [0.29, 0.717) is 16.9 Å². The molecule has 28 heavy (non-hydrogen) atoms. The van der Waals surface area contributed by atoms with E-state index in [0.717, 1.165) is 5.56 Å². The molecular weight excluding hydrogens is 354 g/mol. The molecule has 2 aromatic carbocycles. The molecule has 0 saturated heterocycles. The SMILES string of the molecule is CC(=O)c1ccc(NC(=O)c2cccc(C(=O)Nc3cccc(C)c3)n2)cc1. The Morgan fingerprint density at radius 1 is 0.750 bits per heavy atom. The van der Waals surface area contributed by atoms with Crippen LogP contribution in [0.25, 0.3) is 0 Å². The van der Waals surface area contributed by atoms with Crippen LogP contribution in [0.15, 0.2) is 66.7 Å². The number of anilines is 2. The average Bonchev–Trinajstić information content (AvgIpc) is 2.68. The molecule has 3 aromatic rings. The number of aryl methyl sites for hydroxylation is 1. The van der Waals surface area contributed by atoms with E-state index in [1.54, 1.807) is 42.5 Å². The first-order valence-electron chi connectivity index (χ1n) is 8.70. The molecule has 1 aromatic heterocycles. The third-order valence-corrected chi connectivity index (χ3v) is 4.04. The van der Waals surface area contributed by atoms with E-state index < -0.39 is 11.8 Å². The van der Waals surface area contributed by atoms with Gasteiger partial charge < -0.3 is 10.6 Å². The zero-order valence-electron chi connectivity index (χ0n) is 15.5. The zero-order chi connectivity index (χ0) is 20.1. The lowest BCUT2D eigenvalue weighted by Crippen LogP contribution is -2.18. The van der Waals surface area contributed by atoms with Gasteiger partial charge in [0, 0.05) is 16.9 Å². The number of ketones is 1. The summed E-state index contributed by atoms with van der Waals surface area (Å²) >= 11 is 0. The topological polar surface area (TPSA) is 88.2 Å². The van der Waals surface area contributed by atoms with Crippen molar-refractivity contribution in [2.24, 2.45) is 0 Å². The molecule has 0 unspecified atom stereocenters. The number of hydrogen-bond donors (Lipinski definition) is 2. The van der Waals surface area contributed by atoms with Crippen molar-refractivity contribution in [1.29, 1.82) is 0 Å². The van der Waals surface area contributed by atoms with Gasteiger partial charge in [-0.15, -0.1) is 0 Å². The highest BCUT2D eigenvalue weighted by atomic mass is 16.2. The maximum Gasteiger partial charge on any atom is 0.274 e. The molecular formula is C22H19N3O3. The largest absolute Gasteiger partial charge is 0.321 e. The molecule has 0 aliphatic heterocycles. The molecule has 0 aliphatic carbocycles. The third kappa shape index (κ3) is 4.67. The number of carbonyl (C=O) groups is 3. The Morgan fingerprint density at radius 3 is 1.89 bits per heavy atom. The van der Waals surface area contributed by atoms with E-state index in [2.05, 4.69) is 15.6 Å². The van der Waals surface area contributed by atoms with Gasteiger partial charge in [0.25, 0.3) is 11.8 Å². The van der Waals surface area contributed by atoms with Gasteiger partial charge in [0.1, 0.15) is 11.4 Å². The first kappa shape index (κ1) is 19.0. The van der Waals surface area contributed by atoms with Gasteiger partial charge >= 0.3 is 0 Å². The van der Waals surface area contributed by atoms with Gasteiger partial charge in [0.2, 0.25) is 0 Å². The fraction of sp³-hybridized carbons (Fsp3) is 0.0909. The number of nitrogens with zero attached hydrogens (tertiary/aromatic N) is 1. The van der Waals surface area contributed by atoms with Gasteiger partial charge in [-0.25, -0.2) is 4.98 Å². The minimum absolute atomic E-state index is 0.0492. The highest BCUT2D eigenvalue weighted by molar-refractivity contribution is 6.06. The first-order valence-corrected chi connectivity index (χ1v) is 8.70. The standard InChI is InChI=1S/C22H19N3O3/c1-14-5-3-6-18(13-14)24-22(28)20-8-4-7-19(25-20)21(27)23-17-11-9-16(10-12-17)15(2)26/h3-13H,1-2H3,(H,23,27)(H,24,28). The number of rotatable bonds is 5. The first-order chi connectivity index (χ1) is 13.4. The Hall–Kier alpha value is -3.80. The van der Waals surface area contributed by atoms with Crippen LogP contribution in [0.2, 0.25) is 0 Å². The van der Waals surface area contributed by atoms with Crippen LogP contribution in [-0.4, -0.2) is 22.6 Å². The molecule has 0 atom stereocenters. The number of nitrogens with one attached hydrogen (secondary N) is 2. The summed E-state index contributed by atoms with van der Waals surface area (Å²) in [7, 11) is 0. The normalized spacial score (nSPS) is 10.2. The second-order valence-corrected chi connectivity index (χ2v) is 6.32. The number of aromatic nitrogens is 1. The summed E-state index contributed by atoms with van der Waals surface area (Å²) in [5.41, 5.74) is 3.04. The van der Waals surface area contributed by atoms with Crippen LogP contribution in [0.3, 0.4) is 0 Å². The number of pyridine rings is 1. The van der Waals surface area contributed by atoms with Crippen molar-refractivity contribution in [2.45, 2.75) is 13.8 Å². The van der Waals surface area contributed by atoms with Crippen molar-refractivity contribution < 1.29 is 14.4 Å². The summed E-state index contributed by atoms with van der Waals surface area (Å²) < 4.78 is 0. The fourth-order valence-electron chi connectivity index (χ4n) is 2.59. The molecule has 6 nitrogen and oxygen atoms in total. The van der Waals surface area contributed by atoms with Crippen molar-refractivity contribution in [2.75, 3.05) is 10.6 Å². The second kappa shape index (κ2) is 8.26. The Balaban J connectivity index is 1.72. The lowest BCUT2D eigenvalue weighted by molar-refractivity contribution is 0.100. The van der Waals surface area contributed by atoms with Gasteiger partial charge in [0.05, 0.1) is 0 Å². The summed E-state index contributed by atoms with van der Waals surface area (Å²) in [4.78, 5) is 40.3. The lowest BCUT2D eigenvalue weighted by Gasteiger charge is -2.08. The summed E-state index contributed by atoms with van der Waals surface area (Å²) in [5, 5.41) is 5.47. The maximum atomic E-state index is 12.4. The van der Waals surface area contributed by atoms with Crippen LogP contribution in [0.4, 0.5) is 11.4 Å². The number of amides is 2. The zero-order valence-corrected chi connectivity index (χ0v) is 15.5. The third-order valence-electron chi connectivity index (χ3n) is 4.04. The van der Waals surface area contributed by atoms with Crippen LogP contribution in [-0.2, 0) is 0 Å². The number of hydrogen-bond acceptors (Lipinski definition) is 4. The van der Waals surface area contributed by atoms with E-state index in [1.807, 2.05) is 25.1 Å². The van der Waals surface area contributed by atoms with Crippen molar-refractivity contribution >= 4 is 29.0 Å². The van der Waals surface area contributed by atoms with Gasteiger partial charge in [-0.05, 0) is 67.9 Å².